The predicted molar refractivity (Wildman–Crippen MR) is 177 cm³/mol. The molecule has 4 rings (SSSR count). The Kier molecular flexibility index (Phi) is 12.6. The first-order chi connectivity index (χ1) is 21.8. The van der Waals surface area contributed by atoms with Crippen LogP contribution in [0.1, 0.15) is 76.6 Å². The molecule has 0 saturated heterocycles. The third kappa shape index (κ3) is 10.5. The summed E-state index contributed by atoms with van der Waals surface area (Å²) in [4.78, 5) is 11.3. The number of esters is 1. The number of ether oxygens (including phenoxy) is 3. The summed E-state index contributed by atoms with van der Waals surface area (Å²) in [6.07, 6.45) is 9.38. The van der Waals surface area contributed by atoms with Gasteiger partial charge in [-0.05, 0) is 104 Å². The molecule has 5 heteroatoms. The molecular weight excluding hydrogens is 563 g/mol. The van der Waals surface area contributed by atoms with E-state index in [1.807, 2.05) is 26.0 Å². The highest BCUT2D eigenvalue weighted by Gasteiger charge is 2.22. The minimum absolute atomic E-state index is 0.0263. The number of benzene rings is 3. The summed E-state index contributed by atoms with van der Waals surface area (Å²) in [6, 6.07) is 17.5. The van der Waals surface area contributed by atoms with Crippen LogP contribution < -0.4 is 0 Å². The van der Waals surface area contributed by atoms with Crippen molar-refractivity contribution < 1.29 is 23.4 Å². The van der Waals surface area contributed by atoms with Crippen molar-refractivity contribution in [1.29, 1.82) is 0 Å². The van der Waals surface area contributed by atoms with Crippen molar-refractivity contribution in [3.63, 3.8) is 0 Å². The standard InChI is InChI=1S/C40H41FO4/c1-5-40(42)45-26-35-16-13-33(14-17-35)12-9-31-7-10-32(11-8-31)15-18-36-23-29(3)38(30(4)24-36)22-20-34-19-21-37(39(41)25-34)27-44-28-43-6-2/h5-8,10-11,19,21,23-25,33,35H,1-2,9,12-14,16-17,26-28H2,3-4H3. The first-order valence-corrected chi connectivity index (χ1v) is 15.5. The van der Waals surface area contributed by atoms with E-state index in [4.69, 9.17) is 14.2 Å². The van der Waals surface area contributed by atoms with Gasteiger partial charge < -0.3 is 14.2 Å². The average Bonchev–Trinajstić information content (AvgIpc) is 3.05. The fraction of sp³-hybridized carbons (Fsp3) is 0.325. The third-order valence-corrected chi connectivity index (χ3v) is 8.19. The van der Waals surface area contributed by atoms with Gasteiger partial charge in [0.25, 0.3) is 0 Å². The van der Waals surface area contributed by atoms with Crippen LogP contribution in [0.5, 0.6) is 0 Å². The number of aryl methyl sites for hydroxylation is 3. The monoisotopic (exact) mass is 604 g/mol. The molecule has 3 aromatic carbocycles. The van der Waals surface area contributed by atoms with E-state index >= 15 is 0 Å². The normalized spacial score (nSPS) is 15.5. The lowest BCUT2D eigenvalue weighted by molar-refractivity contribution is -0.139. The molecule has 0 heterocycles. The lowest BCUT2D eigenvalue weighted by Crippen LogP contribution is -2.20. The van der Waals surface area contributed by atoms with Crippen molar-refractivity contribution >= 4 is 5.97 Å². The maximum atomic E-state index is 14.5. The number of rotatable bonds is 11. The van der Waals surface area contributed by atoms with Gasteiger partial charge >= 0.3 is 5.97 Å². The zero-order valence-corrected chi connectivity index (χ0v) is 26.3. The van der Waals surface area contributed by atoms with Crippen molar-refractivity contribution in [2.45, 2.75) is 59.0 Å². The Balaban J connectivity index is 1.29. The van der Waals surface area contributed by atoms with Gasteiger partial charge in [-0.1, -0.05) is 67.9 Å². The van der Waals surface area contributed by atoms with E-state index in [2.05, 4.69) is 61.1 Å². The van der Waals surface area contributed by atoms with Crippen molar-refractivity contribution in [2.75, 3.05) is 13.4 Å². The van der Waals surface area contributed by atoms with E-state index in [9.17, 15) is 9.18 Å². The Hall–Kier alpha value is -4.58. The van der Waals surface area contributed by atoms with Crippen LogP contribution >= 0.6 is 0 Å². The average molecular weight is 605 g/mol. The van der Waals surface area contributed by atoms with Crippen LogP contribution in [0.15, 0.2) is 80.1 Å². The molecule has 0 unspecified atom stereocenters. The fourth-order valence-electron chi connectivity index (χ4n) is 5.57. The zero-order chi connectivity index (χ0) is 32.0. The fourth-order valence-corrected chi connectivity index (χ4v) is 5.57. The van der Waals surface area contributed by atoms with Crippen molar-refractivity contribution in [2.24, 2.45) is 11.8 Å². The molecule has 0 amide bonds. The Bertz CT molecular complexity index is 1580. The molecule has 0 aliphatic heterocycles. The van der Waals surface area contributed by atoms with Crippen molar-refractivity contribution in [3.05, 3.63) is 130 Å². The molecule has 1 fully saturated rings. The minimum Gasteiger partial charge on any atom is -0.476 e. The molecule has 232 valence electrons. The van der Waals surface area contributed by atoms with Gasteiger partial charge in [-0.25, -0.2) is 9.18 Å². The molecule has 0 bridgehead atoms. The van der Waals surface area contributed by atoms with Crippen molar-refractivity contribution in [1.82, 2.24) is 0 Å². The highest BCUT2D eigenvalue weighted by molar-refractivity contribution is 5.81. The molecule has 0 atom stereocenters. The smallest absolute Gasteiger partial charge is 0.330 e. The van der Waals surface area contributed by atoms with Gasteiger partial charge in [-0.2, -0.15) is 0 Å². The lowest BCUT2D eigenvalue weighted by atomic mass is 9.80. The van der Waals surface area contributed by atoms with Crippen LogP contribution in [-0.4, -0.2) is 19.4 Å². The Morgan fingerprint density at radius 2 is 1.51 bits per heavy atom. The Morgan fingerprint density at radius 3 is 2.18 bits per heavy atom. The van der Waals surface area contributed by atoms with Gasteiger partial charge in [0.2, 0.25) is 0 Å². The SMILES string of the molecule is C=COCOCc1ccc(C#Cc2c(C)cc(C#Cc3ccc(CCC4CCC(COC(=O)C=C)CC4)cc3)cc2C)cc1F. The second kappa shape index (κ2) is 17.0. The molecule has 3 aromatic rings. The summed E-state index contributed by atoms with van der Waals surface area (Å²) in [7, 11) is 0. The molecule has 1 aliphatic rings. The molecule has 4 nitrogen and oxygen atoms in total. The molecule has 45 heavy (non-hydrogen) atoms. The van der Waals surface area contributed by atoms with Gasteiger partial charge in [0.05, 0.1) is 19.5 Å². The Morgan fingerprint density at radius 1 is 0.867 bits per heavy atom. The van der Waals surface area contributed by atoms with E-state index in [1.54, 1.807) is 12.1 Å². The maximum absolute atomic E-state index is 14.5. The second-order valence-electron chi connectivity index (χ2n) is 11.5. The number of halogens is 1. The Labute approximate surface area is 267 Å². The minimum atomic E-state index is -0.364. The van der Waals surface area contributed by atoms with Crippen LogP contribution in [0.25, 0.3) is 0 Å². The molecule has 1 aliphatic carbocycles. The topological polar surface area (TPSA) is 44.8 Å². The van der Waals surface area contributed by atoms with Crippen LogP contribution in [0.2, 0.25) is 0 Å². The largest absolute Gasteiger partial charge is 0.476 e. The van der Waals surface area contributed by atoms with E-state index in [0.29, 0.717) is 23.7 Å². The summed E-state index contributed by atoms with van der Waals surface area (Å²) in [5.74, 6) is 13.4. The predicted octanol–water partition coefficient (Wildman–Crippen LogP) is 8.34. The molecule has 1 saturated carbocycles. The number of hydrogen-bond acceptors (Lipinski definition) is 4. The molecule has 0 aromatic heterocycles. The summed E-state index contributed by atoms with van der Waals surface area (Å²) in [5.41, 5.74) is 7.27. The van der Waals surface area contributed by atoms with E-state index < -0.39 is 0 Å². The van der Waals surface area contributed by atoms with Gasteiger partial charge in [0.1, 0.15) is 5.82 Å². The third-order valence-electron chi connectivity index (χ3n) is 8.19. The number of carbonyl (C=O) groups is 1. The highest BCUT2D eigenvalue weighted by Crippen LogP contribution is 2.32. The maximum Gasteiger partial charge on any atom is 0.330 e. The van der Waals surface area contributed by atoms with Gasteiger partial charge in [0.15, 0.2) is 6.79 Å². The first kappa shape index (κ1) is 33.3. The molecule has 0 N–H and O–H groups in total. The quantitative estimate of drug-likeness (QED) is 0.0551. The van der Waals surface area contributed by atoms with Crippen LogP contribution in [-0.2, 0) is 32.0 Å². The van der Waals surface area contributed by atoms with E-state index in [1.165, 1.54) is 43.2 Å². The molecule has 0 spiro atoms. The molecular formula is C40H41FO4. The van der Waals surface area contributed by atoms with Crippen LogP contribution in [0.4, 0.5) is 4.39 Å². The van der Waals surface area contributed by atoms with Crippen LogP contribution in [0.3, 0.4) is 0 Å². The van der Waals surface area contributed by atoms with E-state index in [0.717, 1.165) is 53.0 Å². The van der Waals surface area contributed by atoms with Gasteiger partial charge in [-0.15, -0.1) is 0 Å². The lowest BCUT2D eigenvalue weighted by Gasteiger charge is -2.28. The van der Waals surface area contributed by atoms with Crippen LogP contribution in [0, 0.1) is 55.2 Å². The zero-order valence-electron chi connectivity index (χ0n) is 26.3. The van der Waals surface area contributed by atoms with Gasteiger partial charge in [-0.3, -0.25) is 0 Å². The summed E-state index contributed by atoms with van der Waals surface area (Å²) in [6.45, 7) is 11.6. The summed E-state index contributed by atoms with van der Waals surface area (Å²) >= 11 is 0. The van der Waals surface area contributed by atoms with E-state index in [-0.39, 0.29) is 25.2 Å². The summed E-state index contributed by atoms with van der Waals surface area (Å²) in [5, 5.41) is 0. The van der Waals surface area contributed by atoms with Gasteiger partial charge in [0, 0.05) is 33.9 Å². The summed E-state index contributed by atoms with van der Waals surface area (Å²) < 4.78 is 29.9. The first-order valence-electron chi connectivity index (χ1n) is 15.5. The highest BCUT2D eigenvalue weighted by atomic mass is 19.1. The second-order valence-corrected chi connectivity index (χ2v) is 11.5. The van der Waals surface area contributed by atoms with Crippen molar-refractivity contribution in [3.8, 4) is 23.7 Å². The molecule has 0 radical (unpaired) electrons. The number of carbonyl (C=O) groups excluding carboxylic acids is 1. The number of hydrogen-bond donors (Lipinski definition) is 0.